The van der Waals surface area contributed by atoms with Crippen LogP contribution >= 0.6 is 0 Å². The standard InChI is InChI=1S/C25H32FN/c1-3-4-5-6-7-8-9-13-20-27(24-18-16-22(2)17-19-24)25(26)21-23-14-11-10-12-15-23/h10-21H,3-9H2,1-2H3/b20-13-,25-21-. The molecule has 2 aromatic rings. The monoisotopic (exact) mass is 365 g/mol. The highest BCUT2D eigenvalue weighted by molar-refractivity contribution is 5.62. The molecule has 0 aliphatic heterocycles. The van der Waals surface area contributed by atoms with Gasteiger partial charge in [-0.25, -0.2) is 0 Å². The Labute approximate surface area is 164 Å². The lowest BCUT2D eigenvalue weighted by atomic mass is 10.1. The molecule has 2 heteroatoms. The normalized spacial score (nSPS) is 11.9. The molecule has 27 heavy (non-hydrogen) atoms. The van der Waals surface area contributed by atoms with Gasteiger partial charge in [-0.2, -0.15) is 4.39 Å². The zero-order chi connectivity index (χ0) is 19.3. The molecule has 0 atom stereocenters. The second kappa shape index (κ2) is 12.1. The van der Waals surface area contributed by atoms with Gasteiger partial charge in [0.2, 0.25) is 0 Å². The highest BCUT2D eigenvalue weighted by Crippen LogP contribution is 2.23. The van der Waals surface area contributed by atoms with E-state index >= 15 is 0 Å². The van der Waals surface area contributed by atoms with Crippen LogP contribution in [0.2, 0.25) is 0 Å². The van der Waals surface area contributed by atoms with Gasteiger partial charge >= 0.3 is 0 Å². The lowest BCUT2D eigenvalue weighted by Gasteiger charge is -2.19. The molecule has 0 saturated carbocycles. The molecule has 0 amide bonds. The Kier molecular flexibility index (Phi) is 9.40. The van der Waals surface area contributed by atoms with Gasteiger partial charge in [-0.3, -0.25) is 4.90 Å². The molecule has 1 nitrogen and oxygen atoms in total. The van der Waals surface area contributed by atoms with Gasteiger partial charge in [-0.15, -0.1) is 0 Å². The summed E-state index contributed by atoms with van der Waals surface area (Å²) in [6.45, 7) is 4.28. The number of hydrogen-bond acceptors (Lipinski definition) is 1. The van der Waals surface area contributed by atoms with Crippen LogP contribution in [0.4, 0.5) is 10.1 Å². The summed E-state index contributed by atoms with van der Waals surface area (Å²) in [5.74, 6) is -0.274. The Bertz CT molecular complexity index is 701. The predicted octanol–water partition coefficient (Wildman–Crippen LogP) is 8.03. The van der Waals surface area contributed by atoms with E-state index in [0.29, 0.717) is 0 Å². The van der Waals surface area contributed by atoms with Crippen molar-refractivity contribution < 1.29 is 4.39 Å². The zero-order valence-electron chi connectivity index (χ0n) is 16.7. The van der Waals surface area contributed by atoms with Crippen LogP contribution in [-0.4, -0.2) is 0 Å². The minimum absolute atomic E-state index is 0.274. The van der Waals surface area contributed by atoms with Crippen molar-refractivity contribution in [2.24, 2.45) is 0 Å². The molecule has 144 valence electrons. The summed E-state index contributed by atoms with van der Waals surface area (Å²) in [7, 11) is 0. The fraction of sp³-hybridized carbons (Fsp3) is 0.360. The van der Waals surface area contributed by atoms with Crippen LogP contribution in [0.15, 0.2) is 72.8 Å². The molecule has 0 unspecified atom stereocenters. The first-order valence-corrected chi connectivity index (χ1v) is 10.2. The van der Waals surface area contributed by atoms with E-state index in [1.54, 1.807) is 11.0 Å². The van der Waals surface area contributed by atoms with E-state index in [4.69, 9.17) is 0 Å². The van der Waals surface area contributed by atoms with Crippen LogP contribution in [0, 0.1) is 6.92 Å². The largest absolute Gasteiger partial charge is 0.294 e. The summed E-state index contributed by atoms with van der Waals surface area (Å²) in [4.78, 5) is 1.63. The first-order chi connectivity index (χ1) is 13.2. The maximum absolute atomic E-state index is 15.0. The molecule has 0 fully saturated rings. The van der Waals surface area contributed by atoms with Crippen molar-refractivity contribution >= 4 is 11.8 Å². The minimum atomic E-state index is -0.274. The second-order valence-corrected chi connectivity index (χ2v) is 7.02. The number of anilines is 1. The Morgan fingerprint density at radius 2 is 1.56 bits per heavy atom. The molecule has 0 bridgehead atoms. The smallest absolute Gasteiger partial charge is 0.198 e. The highest BCUT2D eigenvalue weighted by atomic mass is 19.1. The van der Waals surface area contributed by atoms with Gasteiger partial charge < -0.3 is 0 Å². The number of allylic oxidation sites excluding steroid dienone is 1. The highest BCUT2D eigenvalue weighted by Gasteiger charge is 2.09. The summed E-state index contributed by atoms with van der Waals surface area (Å²) >= 11 is 0. The number of aryl methyl sites for hydroxylation is 1. The summed E-state index contributed by atoms with van der Waals surface area (Å²) < 4.78 is 15.0. The van der Waals surface area contributed by atoms with E-state index in [9.17, 15) is 4.39 Å². The summed E-state index contributed by atoms with van der Waals surface area (Å²) in [5.41, 5.74) is 2.86. The lowest BCUT2D eigenvalue weighted by Crippen LogP contribution is -2.12. The molecule has 0 radical (unpaired) electrons. The van der Waals surface area contributed by atoms with Gasteiger partial charge in [-0.1, -0.05) is 93.1 Å². The van der Waals surface area contributed by atoms with Crippen LogP contribution in [0.3, 0.4) is 0 Å². The quantitative estimate of drug-likeness (QED) is 0.288. The minimum Gasteiger partial charge on any atom is -0.294 e. The van der Waals surface area contributed by atoms with Crippen molar-refractivity contribution in [1.82, 2.24) is 0 Å². The molecule has 0 aromatic heterocycles. The first-order valence-electron chi connectivity index (χ1n) is 10.2. The third-order valence-electron chi connectivity index (χ3n) is 4.61. The number of halogens is 1. The van der Waals surface area contributed by atoms with E-state index in [2.05, 4.69) is 13.0 Å². The van der Waals surface area contributed by atoms with Gasteiger partial charge in [0, 0.05) is 11.9 Å². The van der Waals surface area contributed by atoms with Gasteiger partial charge in [0.1, 0.15) is 0 Å². The topological polar surface area (TPSA) is 3.24 Å². The number of benzene rings is 2. The fourth-order valence-corrected chi connectivity index (χ4v) is 2.96. The van der Waals surface area contributed by atoms with Crippen molar-refractivity contribution in [3.05, 3.63) is 84.0 Å². The Hall–Kier alpha value is -2.35. The molecule has 0 aliphatic rings. The number of nitrogens with zero attached hydrogens (tertiary/aromatic N) is 1. The third kappa shape index (κ3) is 7.82. The Balaban J connectivity index is 2.03. The number of hydrogen-bond donors (Lipinski definition) is 0. The maximum atomic E-state index is 15.0. The van der Waals surface area contributed by atoms with Gasteiger partial charge in [0.15, 0.2) is 5.95 Å². The zero-order valence-corrected chi connectivity index (χ0v) is 16.7. The predicted molar refractivity (Wildman–Crippen MR) is 116 cm³/mol. The molecule has 0 heterocycles. The molecule has 0 spiro atoms. The number of unbranched alkanes of at least 4 members (excludes halogenated alkanes) is 6. The van der Waals surface area contributed by atoms with Crippen molar-refractivity contribution in [3.8, 4) is 0 Å². The Morgan fingerprint density at radius 1 is 0.889 bits per heavy atom. The molecule has 2 rings (SSSR count). The SMILES string of the molecule is CCCCCCCC/C=C\N(/C(F)=C\c1ccccc1)c1ccc(C)cc1. The Morgan fingerprint density at radius 3 is 2.26 bits per heavy atom. The van der Waals surface area contributed by atoms with Crippen LogP contribution in [0.5, 0.6) is 0 Å². The third-order valence-corrected chi connectivity index (χ3v) is 4.61. The number of rotatable bonds is 11. The maximum Gasteiger partial charge on any atom is 0.198 e. The summed E-state index contributed by atoms with van der Waals surface area (Å²) in [5, 5.41) is 0. The van der Waals surface area contributed by atoms with Crippen LogP contribution < -0.4 is 4.90 Å². The van der Waals surface area contributed by atoms with Crippen LogP contribution in [0.25, 0.3) is 6.08 Å². The van der Waals surface area contributed by atoms with E-state index in [1.807, 2.05) is 67.7 Å². The van der Waals surface area contributed by atoms with Gasteiger partial charge in [0.25, 0.3) is 0 Å². The fourth-order valence-electron chi connectivity index (χ4n) is 2.96. The van der Waals surface area contributed by atoms with Gasteiger partial charge in [0.05, 0.1) is 0 Å². The van der Waals surface area contributed by atoms with Crippen molar-refractivity contribution in [3.63, 3.8) is 0 Å². The average Bonchev–Trinajstić information content (AvgIpc) is 2.68. The molecule has 2 aromatic carbocycles. The molecule has 0 N–H and O–H groups in total. The van der Waals surface area contributed by atoms with E-state index in [1.165, 1.54) is 37.7 Å². The second-order valence-electron chi connectivity index (χ2n) is 7.02. The van der Waals surface area contributed by atoms with Crippen molar-refractivity contribution in [2.45, 2.75) is 58.8 Å². The molecule has 0 aliphatic carbocycles. The van der Waals surface area contributed by atoms with Crippen molar-refractivity contribution in [2.75, 3.05) is 4.90 Å². The van der Waals surface area contributed by atoms with Crippen LogP contribution in [-0.2, 0) is 0 Å². The molecular weight excluding hydrogens is 333 g/mol. The lowest BCUT2D eigenvalue weighted by molar-refractivity contribution is 0.609. The van der Waals surface area contributed by atoms with E-state index < -0.39 is 0 Å². The van der Waals surface area contributed by atoms with E-state index in [0.717, 1.165) is 24.1 Å². The first kappa shape index (κ1) is 21.0. The van der Waals surface area contributed by atoms with Crippen LogP contribution in [0.1, 0.15) is 63.0 Å². The molecule has 0 saturated heterocycles. The summed E-state index contributed by atoms with van der Waals surface area (Å²) in [6, 6.07) is 17.5. The van der Waals surface area contributed by atoms with Crippen molar-refractivity contribution in [1.29, 1.82) is 0 Å². The summed E-state index contributed by atoms with van der Waals surface area (Å²) in [6.07, 6.45) is 14.1. The van der Waals surface area contributed by atoms with Gasteiger partial charge in [-0.05, 0) is 43.5 Å². The average molecular weight is 366 g/mol. The van der Waals surface area contributed by atoms with E-state index in [-0.39, 0.29) is 5.95 Å². The molecular formula is C25H32FN.